The Balaban J connectivity index is 2.34. The molecule has 0 amide bonds. The lowest BCUT2D eigenvalue weighted by Gasteiger charge is -2.15. The third-order valence-electron chi connectivity index (χ3n) is 2.85. The monoisotopic (exact) mass is 194 g/mol. The summed E-state index contributed by atoms with van der Waals surface area (Å²) in [6.45, 7) is 2.65. The van der Waals surface area contributed by atoms with Crippen LogP contribution in [0.25, 0.3) is 0 Å². The summed E-state index contributed by atoms with van der Waals surface area (Å²) in [5, 5.41) is 13.1. The summed E-state index contributed by atoms with van der Waals surface area (Å²) < 4.78 is 1.94. The number of hydrogen-bond acceptors (Lipinski definition) is 2. The van der Waals surface area contributed by atoms with Crippen LogP contribution in [0.3, 0.4) is 0 Å². The summed E-state index contributed by atoms with van der Waals surface area (Å²) in [5.74, 6) is -1.21. The maximum Gasteiger partial charge on any atom is 0.310 e. The fraction of sp³-hybridized carbons (Fsp3) is 0.600. The molecule has 0 aliphatic carbocycles. The number of rotatable bonds is 2. The van der Waals surface area contributed by atoms with Gasteiger partial charge >= 0.3 is 5.97 Å². The van der Waals surface area contributed by atoms with Gasteiger partial charge in [-0.3, -0.25) is 9.48 Å². The Morgan fingerprint density at radius 1 is 1.64 bits per heavy atom. The zero-order valence-electron chi connectivity index (χ0n) is 8.23. The maximum absolute atomic E-state index is 10.8. The van der Waals surface area contributed by atoms with E-state index in [2.05, 4.69) is 5.10 Å². The van der Waals surface area contributed by atoms with Crippen molar-refractivity contribution in [2.45, 2.75) is 38.6 Å². The number of nitrogens with zero attached hydrogens (tertiary/aromatic N) is 2. The van der Waals surface area contributed by atoms with Gasteiger partial charge in [0.2, 0.25) is 0 Å². The lowest BCUT2D eigenvalue weighted by Crippen LogP contribution is -2.15. The highest BCUT2D eigenvalue weighted by atomic mass is 16.4. The van der Waals surface area contributed by atoms with E-state index in [4.69, 9.17) is 5.11 Å². The van der Waals surface area contributed by atoms with E-state index in [1.165, 1.54) is 0 Å². The van der Waals surface area contributed by atoms with E-state index in [0.29, 0.717) is 0 Å². The summed E-state index contributed by atoms with van der Waals surface area (Å²) in [7, 11) is 0. The quantitative estimate of drug-likeness (QED) is 0.774. The average Bonchev–Trinajstić information content (AvgIpc) is 2.60. The van der Waals surface area contributed by atoms with Crippen molar-refractivity contribution in [3.8, 4) is 0 Å². The Bertz CT molecular complexity index is 357. The molecule has 4 nitrogen and oxygen atoms in total. The Labute approximate surface area is 82.5 Å². The van der Waals surface area contributed by atoms with Crippen LogP contribution in [0, 0.1) is 0 Å². The normalized spacial score (nSPS) is 17.5. The van der Waals surface area contributed by atoms with E-state index >= 15 is 0 Å². The Morgan fingerprint density at radius 3 is 3.14 bits per heavy atom. The van der Waals surface area contributed by atoms with Gasteiger partial charge in [0.1, 0.15) is 0 Å². The lowest BCUT2D eigenvalue weighted by atomic mass is 9.98. The van der Waals surface area contributed by atoms with Crippen LogP contribution in [0.2, 0.25) is 0 Å². The molecule has 0 saturated carbocycles. The lowest BCUT2D eigenvalue weighted by molar-refractivity contribution is -0.138. The van der Waals surface area contributed by atoms with Crippen LogP contribution in [0.5, 0.6) is 0 Å². The van der Waals surface area contributed by atoms with Crippen LogP contribution in [-0.2, 0) is 17.8 Å². The molecule has 1 aliphatic heterocycles. The number of fused-ring (bicyclic) bond motifs is 1. The molecule has 4 heteroatoms. The standard InChI is InChI=1S/C10H14N2O2/c1-7(10(13)14)8-6-11-12-5-3-2-4-9(8)12/h6-7H,2-5H2,1H3,(H,13,14). The van der Waals surface area contributed by atoms with Crippen LogP contribution in [-0.4, -0.2) is 20.9 Å². The Morgan fingerprint density at radius 2 is 2.43 bits per heavy atom. The van der Waals surface area contributed by atoms with Crippen molar-refractivity contribution in [2.75, 3.05) is 0 Å². The highest BCUT2D eigenvalue weighted by Crippen LogP contribution is 2.24. The molecule has 14 heavy (non-hydrogen) atoms. The number of aryl methyl sites for hydroxylation is 1. The minimum absolute atomic E-state index is 0.433. The van der Waals surface area contributed by atoms with Crippen LogP contribution in [0.15, 0.2) is 6.20 Å². The van der Waals surface area contributed by atoms with E-state index in [-0.39, 0.29) is 0 Å². The Hall–Kier alpha value is -1.32. The first-order valence-electron chi connectivity index (χ1n) is 4.97. The SMILES string of the molecule is CC(C(=O)O)c1cnn2c1CCCC2. The second-order valence-electron chi connectivity index (χ2n) is 3.79. The molecule has 0 spiro atoms. The fourth-order valence-corrected chi connectivity index (χ4v) is 1.94. The maximum atomic E-state index is 10.8. The largest absolute Gasteiger partial charge is 0.481 e. The van der Waals surface area contributed by atoms with E-state index in [1.807, 2.05) is 4.68 Å². The summed E-state index contributed by atoms with van der Waals surface area (Å²) in [4.78, 5) is 10.8. The van der Waals surface area contributed by atoms with Crippen LogP contribution in [0.4, 0.5) is 0 Å². The van der Waals surface area contributed by atoms with Gasteiger partial charge in [-0.15, -0.1) is 0 Å². The van der Waals surface area contributed by atoms with Crippen molar-refractivity contribution in [1.82, 2.24) is 9.78 Å². The van der Waals surface area contributed by atoms with Gasteiger partial charge in [-0.2, -0.15) is 5.10 Å². The van der Waals surface area contributed by atoms with E-state index in [0.717, 1.165) is 37.1 Å². The smallest absolute Gasteiger partial charge is 0.310 e. The van der Waals surface area contributed by atoms with E-state index in [1.54, 1.807) is 13.1 Å². The molecule has 1 unspecified atom stereocenters. The van der Waals surface area contributed by atoms with Crippen molar-refractivity contribution in [3.63, 3.8) is 0 Å². The highest BCUT2D eigenvalue weighted by Gasteiger charge is 2.22. The molecule has 0 saturated heterocycles. The zero-order valence-corrected chi connectivity index (χ0v) is 8.23. The predicted molar refractivity (Wildman–Crippen MR) is 51.2 cm³/mol. The first-order chi connectivity index (χ1) is 6.70. The third kappa shape index (κ3) is 1.41. The Kier molecular flexibility index (Phi) is 2.27. The van der Waals surface area contributed by atoms with Gasteiger partial charge in [0.25, 0.3) is 0 Å². The first kappa shape index (κ1) is 9.24. The van der Waals surface area contributed by atoms with Crippen LogP contribution < -0.4 is 0 Å². The van der Waals surface area contributed by atoms with E-state index in [9.17, 15) is 4.79 Å². The van der Waals surface area contributed by atoms with Gasteiger partial charge in [0.15, 0.2) is 0 Å². The molecule has 0 fully saturated rings. The van der Waals surface area contributed by atoms with Gasteiger partial charge in [-0.25, -0.2) is 0 Å². The molecule has 1 aromatic heterocycles. The molecule has 1 atom stereocenters. The van der Waals surface area contributed by atoms with E-state index < -0.39 is 11.9 Å². The number of aliphatic carboxylic acids is 1. The van der Waals surface area contributed by atoms with Gasteiger partial charge < -0.3 is 5.11 Å². The average molecular weight is 194 g/mol. The minimum Gasteiger partial charge on any atom is -0.481 e. The molecule has 2 rings (SSSR count). The molecular formula is C10H14N2O2. The minimum atomic E-state index is -0.772. The first-order valence-corrected chi connectivity index (χ1v) is 4.97. The molecule has 1 aliphatic rings. The van der Waals surface area contributed by atoms with Crippen molar-refractivity contribution in [2.24, 2.45) is 0 Å². The molecular weight excluding hydrogens is 180 g/mol. The summed E-state index contributed by atoms with van der Waals surface area (Å²) in [5.41, 5.74) is 2.00. The van der Waals surface area contributed by atoms with Gasteiger partial charge in [-0.1, -0.05) is 0 Å². The second kappa shape index (κ2) is 3.44. The molecule has 0 aromatic carbocycles. The van der Waals surface area contributed by atoms with Crippen LogP contribution >= 0.6 is 0 Å². The van der Waals surface area contributed by atoms with Gasteiger partial charge in [0.05, 0.1) is 12.1 Å². The van der Waals surface area contributed by atoms with Crippen molar-refractivity contribution < 1.29 is 9.90 Å². The van der Waals surface area contributed by atoms with Crippen LogP contribution in [0.1, 0.15) is 36.9 Å². The highest BCUT2D eigenvalue weighted by molar-refractivity contribution is 5.75. The summed E-state index contributed by atoms with van der Waals surface area (Å²) >= 11 is 0. The van der Waals surface area contributed by atoms with Gasteiger partial charge in [0, 0.05) is 17.8 Å². The molecule has 1 aromatic rings. The molecule has 2 heterocycles. The predicted octanol–water partition coefficient (Wildman–Crippen LogP) is 1.41. The van der Waals surface area contributed by atoms with Gasteiger partial charge in [-0.05, 0) is 26.2 Å². The molecule has 0 bridgehead atoms. The topological polar surface area (TPSA) is 55.1 Å². The number of aromatic nitrogens is 2. The molecule has 1 N–H and O–H groups in total. The number of hydrogen-bond donors (Lipinski definition) is 1. The van der Waals surface area contributed by atoms with Crippen molar-refractivity contribution in [1.29, 1.82) is 0 Å². The van der Waals surface area contributed by atoms with Crippen molar-refractivity contribution in [3.05, 3.63) is 17.5 Å². The number of carboxylic acids is 1. The summed E-state index contributed by atoms with van der Waals surface area (Å²) in [6.07, 6.45) is 4.97. The second-order valence-corrected chi connectivity index (χ2v) is 3.79. The summed E-state index contributed by atoms with van der Waals surface area (Å²) in [6, 6.07) is 0. The molecule has 0 radical (unpaired) electrons. The fourth-order valence-electron chi connectivity index (χ4n) is 1.94. The third-order valence-corrected chi connectivity index (χ3v) is 2.85. The molecule has 76 valence electrons. The number of carboxylic acid groups (broad SMARTS) is 1. The van der Waals surface area contributed by atoms with Crippen molar-refractivity contribution >= 4 is 5.97 Å². The number of carbonyl (C=O) groups is 1. The zero-order chi connectivity index (χ0) is 10.1.